The molecule has 7 heteroatoms. The lowest BCUT2D eigenvalue weighted by Crippen LogP contribution is -2.42. The summed E-state index contributed by atoms with van der Waals surface area (Å²) < 4.78 is 7.06. The minimum Gasteiger partial charge on any atom is -0.383 e. The molecular weight excluding hydrogens is 272 g/mol. The Morgan fingerprint density at radius 3 is 2.81 bits per heavy atom. The molecule has 1 aliphatic rings. The number of nitrogens with one attached hydrogen (secondary N) is 2. The van der Waals surface area contributed by atoms with Crippen LogP contribution in [0.25, 0.3) is 0 Å². The molecule has 0 bridgehead atoms. The number of ether oxygens (including phenoxy) is 1. The number of rotatable bonds is 4. The third-order valence-corrected chi connectivity index (χ3v) is 3.73. The first-order valence-electron chi connectivity index (χ1n) is 7.37. The molecule has 4 N–H and O–H groups in total. The van der Waals surface area contributed by atoms with Crippen molar-refractivity contribution in [2.45, 2.75) is 58.2 Å². The van der Waals surface area contributed by atoms with Crippen LogP contribution in [-0.2, 0) is 11.3 Å². The molecule has 0 spiro atoms. The van der Waals surface area contributed by atoms with E-state index in [4.69, 9.17) is 10.5 Å². The largest absolute Gasteiger partial charge is 0.383 e. The number of hydrogen-bond donors (Lipinski definition) is 3. The van der Waals surface area contributed by atoms with Crippen LogP contribution in [-0.4, -0.2) is 27.8 Å². The summed E-state index contributed by atoms with van der Waals surface area (Å²) in [5, 5.41) is 3.19. The predicted molar refractivity (Wildman–Crippen MR) is 82.7 cm³/mol. The zero-order valence-electron chi connectivity index (χ0n) is 12.9. The summed E-state index contributed by atoms with van der Waals surface area (Å²) in [6, 6.07) is 0.102. The van der Waals surface area contributed by atoms with Crippen molar-refractivity contribution in [1.82, 2.24) is 9.55 Å². The second-order valence-corrected chi connectivity index (χ2v) is 6.11. The maximum Gasteiger partial charge on any atom is 0.330 e. The van der Waals surface area contributed by atoms with E-state index in [9.17, 15) is 9.59 Å². The molecule has 1 atom stereocenters. The number of nitrogen functional groups attached to an aromatic ring is 1. The lowest BCUT2D eigenvalue weighted by molar-refractivity contribution is -0.0553. The van der Waals surface area contributed by atoms with Crippen LogP contribution in [0.4, 0.5) is 11.5 Å². The fourth-order valence-electron chi connectivity index (χ4n) is 2.73. The third kappa shape index (κ3) is 3.47. The van der Waals surface area contributed by atoms with Crippen molar-refractivity contribution in [3.05, 3.63) is 20.8 Å². The third-order valence-electron chi connectivity index (χ3n) is 3.73. The Morgan fingerprint density at radius 1 is 1.48 bits per heavy atom. The van der Waals surface area contributed by atoms with Gasteiger partial charge in [-0.25, -0.2) is 4.79 Å². The quantitative estimate of drug-likeness (QED) is 0.766. The standard InChI is InChI=1S/C14H24N4O3/c1-4-6-18-11(15)10(12(19)17-13(18)20)16-9-5-7-21-14(2,3)8-9/h9,16H,4-8,15H2,1-3H3,(H,17,19,20). The SMILES string of the molecule is CCCn1c(N)c(NC2CCOC(C)(C)C2)c(=O)[nH]c1=O. The van der Waals surface area contributed by atoms with E-state index in [1.807, 2.05) is 20.8 Å². The van der Waals surface area contributed by atoms with Gasteiger partial charge in [-0.3, -0.25) is 14.3 Å². The van der Waals surface area contributed by atoms with E-state index in [1.54, 1.807) is 0 Å². The second-order valence-electron chi connectivity index (χ2n) is 6.11. The van der Waals surface area contributed by atoms with Crippen LogP contribution in [0, 0.1) is 0 Å². The number of aromatic amines is 1. The molecule has 0 aromatic carbocycles. The molecule has 1 aliphatic heterocycles. The summed E-state index contributed by atoms with van der Waals surface area (Å²) in [7, 11) is 0. The fraction of sp³-hybridized carbons (Fsp3) is 0.714. The monoisotopic (exact) mass is 296 g/mol. The normalized spacial score (nSPS) is 21.2. The maximum absolute atomic E-state index is 12.0. The Bertz CT molecular complexity index is 618. The molecule has 118 valence electrons. The molecule has 0 amide bonds. The molecule has 1 aromatic heterocycles. The van der Waals surface area contributed by atoms with Crippen molar-refractivity contribution in [2.24, 2.45) is 0 Å². The fourth-order valence-corrected chi connectivity index (χ4v) is 2.73. The Labute approximate surface area is 123 Å². The first-order chi connectivity index (χ1) is 9.84. The molecule has 7 nitrogen and oxygen atoms in total. The highest BCUT2D eigenvalue weighted by Gasteiger charge is 2.29. The predicted octanol–water partition coefficient (Wildman–Crippen LogP) is 0.898. The van der Waals surface area contributed by atoms with Gasteiger partial charge in [-0.1, -0.05) is 6.92 Å². The van der Waals surface area contributed by atoms with Crippen LogP contribution in [0.5, 0.6) is 0 Å². The molecule has 0 saturated carbocycles. The lowest BCUT2D eigenvalue weighted by Gasteiger charge is -2.36. The zero-order valence-corrected chi connectivity index (χ0v) is 12.9. The minimum atomic E-state index is -0.464. The van der Waals surface area contributed by atoms with E-state index < -0.39 is 11.2 Å². The van der Waals surface area contributed by atoms with E-state index in [-0.39, 0.29) is 23.1 Å². The van der Waals surface area contributed by atoms with Gasteiger partial charge in [0.15, 0.2) is 0 Å². The van der Waals surface area contributed by atoms with Crippen LogP contribution in [0.3, 0.4) is 0 Å². The Morgan fingerprint density at radius 2 is 2.19 bits per heavy atom. The molecule has 1 unspecified atom stereocenters. The number of H-pyrrole nitrogens is 1. The maximum atomic E-state index is 12.0. The number of hydrogen-bond acceptors (Lipinski definition) is 5. The molecule has 21 heavy (non-hydrogen) atoms. The number of anilines is 2. The topological polar surface area (TPSA) is 102 Å². The molecule has 1 fully saturated rings. The molecule has 0 radical (unpaired) electrons. The van der Waals surface area contributed by atoms with Crippen LogP contribution in [0.15, 0.2) is 9.59 Å². The van der Waals surface area contributed by atoms with E-state index in [2.05, 4.69) is 10.3 Å². The van der Waals surface area contributed by atoms with Crippen molar-refractivity contribution < 1.29 is 4.74 Å². The van der Waals surface area contributed by atoms with E-state index in [1.165, 1.54) is 4.57 Å². The van der Waals surface area contributed by atoms with Gasteiger partial charge in [-0.2, -0.15) is 0 Å². The van der Waals surface area contributed by atoms with Gasteiger partial charge in [0.1, 0.15) is 11.5 Å². The number of nitrogens with zero attached hydrogens (tertiary/aromatic N) is 1. The van der Waals surface area contributed by atoms with Gasteiger partial charge in [-0.05, 0) is 33.1 Å². The highest BCUT2D eigenvalue weighted by Crippen LogP contribution is 2.26. The van der Waals surface area contributed by atoms with Gasteiger partial charge in [-0.15, -0.1) is 0 Å². The van der Waals surface area contributed by atoms with Crippen LogP contribution >= 0.6 is 0 Å². The van der Waals surface area contributed by atoms with Gasteiger partial charge in [0, 0.05) is 19.2 Å². The summed E-state index contributed by atoms with van der Waals surface area (Å²) in [5.74, 6) is 0.204. The van der Waals surface area contributed by atoms with Crippen molar-refractivity contribution >= 4 is 11.5 Å². The smallest absolute Gasteiger partial charge is 0.330 e. The van der Waals surface area contributed by atoms with Crippen LogP contribution < -0.4 is 22.3 Å². The Kier molecular flexibility index (Phi) is 4.41. The van der Waals surface area contributed by atoms with Crippen molar-refractivity contribution in [1.29, 1.82) is 0 Å². The number of nitrogens with two attached hydrogens (primary N) is 1. The Balaban J connectivity index is 2.29. The van der Waals surface area contributed by atoms with E-state index in [0.29, 0.717) is 13.2 Å². The molecular formula is C14H24N4O3. The highest BCUT2D eigenvalue weighted by atomic mass is 16.5. The summed E-state index contributed by atoms with van der Waals surface area (Å²) in [4.78, 5) is 26.1. The van der Waals surface area contributed by atoms with Gasteiger partial charge in [0.25, 0.3) is 5.56 Å². The lowest BCUT2D eigenvalue weighted by atomic mass is 9.94. The number of aromatic nitrogens is 2. The molecule has 1 saturated heterocycles. The average molecular weight is 296 g/mol. The van der Waals surface area contributed by atoms with Crippen LogP contribution in [0.2, 0.25) is 0 Å². The van der Waals surface area contributed by atoms with Crippen molar-refractivity contribution in [3.63, 3.8) is 0 Å². The molecule has 1 aromatic rings. The van der Waals surface area contributed by atoms with Crippen molar-refractivity contribution in [2.75, 3.05) is 17.7 Å². The molecule has 2 rings (SSSR count). The average Bonchev–Trinajstić information content (AvgIpc) is 2.38. The molecule has 0 aliphatic carbocycles. The van der Waals surface area contributed by atoms with Gasteiger partial charge >= 0.3 is 5.69 Å². The van der Waals surface area contributed by atoms with E-state index >= 15 is 0 Å². The zero-order chi connectivity index (χ0) is 15.6. The minimum absolute atomic E-state index is 0.102. The van der Waals surface area contributed by atoms with Gasteiger partial charge < -0.3 is 15.8 Å². The highest BCUT2D eigenvalue weighted by molar-refractivity contribution is 5.61. The Hall–Kier alpha value is -1.76. The summed E-state index contributed by atoms with van der Waals surface area (Å²) in [6.07, 6.45) is 2.34. The first-order valence-corrected chi connectivity index (χ1v) is 7.37. The summed E-state index contributed by atoms with van der Waals surface area (Å²) >= 11 is 0. The molecule has 2 heterocycles. The van der Waals surface area contributed by atoms with Gasteiger partial charge in [0.2, 0.25) is 0 Å². The summed E-state index contributed by atoms with van der Waals surface area (Å²) in [6.45, 7) is 7.11. The van der Waals surface area contributed by atoms with Crippen LogP contribution in [0.1, 0.15) is 40.0 Å². The summed E-state index contributed by atoms with van der Waals surface area (Å²) in [5.41, 5.74) is 5.14. The first kappa shape index (κ1) is 15.6. The van der Waals surface area contributed by atoms with E-state index in [0.717, 1.165) is 19.3 Å². The van der Waals surface area contributed by atoms with Gasteiger partial charge in [0.05, 0.1) is 5.60 Å². The van der Waals surface area contributed by atoms with Crippen molar-refractivity contribution in [3.8, 4) is 0 Å². The second kappa shape index (κ2) is 5.93.